The molecule has 0 aliphatic carbocycles. The number of likely N-dealkylation sites (N-methyl/N-ethyl adjacent to an activating group) is 1. The summed E-state index contributed by atoms with van der Waals surface area (Å²) in [7, 11) is 0. The third-order valence-corrected chi connectivity index (χ3v) is 3.40. The third kappa shape index (κ3) is 4.64. The van der Waals surface area contributed by atoms with Crippen molar-refractivity contribution in [2.75, 3.05) is 19.6 Å². The van der Waals surface area contributed by atoms with E-state index in [4.69, 9.17) is 5.11 Å². The number of amides is 1. The van der Waals surface area contributed by atoms with Crippen molar-refractivity contribution < 1.29 is 14.7 Å². The quantitative estimate of drug-likeness (QED) is 0.715. The zero-order valence-corrected chi connectivity index (χ0v) is 12.1. The maximum atomic E-state index is 12.2. The van der Waals surface area contributed by atoms with E-state index in [-0.39, 0.29) is 18.5 Å². The SMILES string of the molecule is CCC(C)N(CC(=O)O)C(C)C(=O)N(CC)CC. The van der Waals surface area contributed by atoms with Gasteiger partial charge in [-0.3, -0.25) is 14.5 Å². The first-order valence-corrected chi connectivity index (χ1v) is 6.65. The number of hydrogen-bond donors (Lipinski definition) is 1. The summed E-state index contributed by atoms with van der Waals surface area (Å²) in [5, 5.41) is 8.95. The van der Waals surface area contributed by atoms with Crippen LogP contribution < -0.4 is 0 Å². The summed E-state index contributed by atoms with van der Waals surface area (Å²) in [5.74, 6) is -0.893. The van der Waals surface area contributed by atoms with Gasteiger partial charge in [0.05, 0.1) is 12.6 Å². The van der Waals surface area contributed by atoms with Gasteiger partial charge in [-0.15, -0.1) is 0 Å². The largest absolute Gasteiger partial charge is 0.480 e. The van der Waals surface area contributed by atoms with Crippen LogP contribution in [0, 0.1) is 0 Å². The van der Waals surface area contributed by atoms with E-state index < -0.39 is 12.0 Å². The van der Waals surface area contributed by atoms with Crippen molar-refractivity contribution in [2.24, 2.45) is 0 Å². The molecular formula is C13H26N2O3. The molecule has 0 aliphatic heterocycles. The Morgan fingerprint density at radius 3 is 1.94 bits per heavy atom. The molecule has 0 aromatic rings. The molecule has 1 amide bonds. The molecule has 0 fully saturated rings. The van der Waals surface area contributed by atoms with Crippen molar-refractivity contribution in [3.63, 3.8) is 0 Å². The zero-order chi connectivity index (χ0) is 14.3. The highest BCUT2D eigenvalue weighted by Gasteiger charge is 2.28. The average molecular weight is 258 g/mol. The molecule has 18 heavy (non-hydrogen) atoms. The van der Waals surface area contributed by atoms with E-state index >= 15 is 0 Å². The van der Waals surface area contributed by atoms with Crippen LogP contribution in [0.15, 0.2) is 0 Å². The second-order valence-corrected chi connectivity index (χ2v) is 4.51. The van der Waals surface area contributed by atoms with E-state index in [9.17, 15) is 9.59 Å². The third-order valence-electron chi connectivity index (χ3n) is 3.40. The summed E-state index contributed by atoms with van der Waals surface area (Å²) in [6.07, 6.45) is 0.823. The van der Waals surface area contributed by atoms with Gasteiger partial charge in [0.15, 0.2) is 0 Å². The van der Waals surface area contributed by atoms with Crippen molar-refractivity contribution in [1.29, 1.82) is 0 Å². The molecule has 106 valence electrons. The van der Waals surface area contributed by atoms with Crippen molar-refractivity contribution in [2.45, 2.75) is 53.1 Å². The highest BCUT2D eigenvalue weighted by molar-refractivity contribution is 5.82. The Hall–Kier alpha value is -1.10. The lowest BCUT2D eigenvalue weighted by Crippen LogP contribution is -2.51. The van der Waals surface area contributed by atoms with Crippen LogP contribution in [0.1, 0.15) is 41.0 Å². The van der Waals surface area contributed by atoms with Crippen molar-refractivity contribution in [1.82, 2.24) is 9.80 Å². The number of carbonyl (C=O) groups is 2. The smallest absolute Gasteiger partial charge is 0.317 e. The molecule has 2 atom stereocenters. The second kappa shape index (κ2) is 8.08. The number of rotatable bonds is 8. The maximum Gasteiger partial charge on any atom is 0.317 e. The number of aliphatic carboxylic acids is 1. The normalized spacial score (nSPS) is 14.3. The van der Waals surface area contributed by atoms with Crippen LogP contribution in [-0.2, 0) is 9.59 Å². The predicted octanol–water partition coefficient (Wildman–Crippen LogP) is 1.43. The van der Waals surface area contributed by atoms with Crippen LogP contribution in [0.4, 0.5) is 0 Å². The molecule has 0 heterocycles. The van der Waals surface area contributed by atoms with E-state index in [1.54, 1.807) is 16.7 Å². The monoisotopic (exact) mass is 258 g/mol. The first-order chi connectivity index (χ1) is 8.38. The van der Waals surface area contributed by atoms with Crippen LogP contribution in [0.25, 0.3) is 0 Å². The Labute approximate surface area is 110 Å². The van der Waals surface area contributed by atoms with Gasteiger partial charge in [-0.25, -0.2) is 0 Å². The van der Waals surface area contributed by atoms with Crippen LogP contribution in [0.5, 0.6) is 0 Å². The minimum Gasteiger partial charge on any atom is -0.480 e. The summed E-state index contributed by atoms with van der Waals surface area (Å²) in [5.41, 5.74) is 0. The Morgan fingerprint density at radius 2 is 1.61 bits per heavy atom. The molecule has 5 nitrogen and oxygen atoms in total. The number of carboxylic acids is 1. The fourth-order valence-electron chi connectivity index (χ4n) is 2.01. The van der Waals surface area contributed by atoms with E-state index in [0.717, 1.165) is 6.42 Å². The second-order valence-electron chi connectivity index (χ2n) is 4.51. The molecule has 0 aromatic carbocycles. The van der Waals surface area contributed by atoms with Gasteiger partial charge in [0.2, 0.25) is 5.91 Å². The van der Waals surface area contributed by atoms with Gasteiger partial charge in [0.1, 0.15) is 0 Å². The number of carboxylic acid groups (broad SMARTS) is 1. The van der Waals surface area contributed by atoms with Gasteiger partial charge in [0.25, 0.3) is 0 Å². The summed E-state index contributed by atoms with van der Waals surface area (Å²) >= 11 is 0. The predicted molar refractivity (Wildman–Crippen MR) is 71.5 cm³/mol. The highest BCUT2D eigenvalue weighted by Crippen LogP contribution is 2.11. The van der Waals surface area contributed by atoms with Crippen molar-refractivity contribution in [3.05, 3.63) is 0 Å². The van der Waals surface area contributed by atoms with E-state index in [2.05, 4.69) is 0 Å². The van der Waals surface area contributed by atoms with Gasteiger partial charge in [-0.05, 0) is 34.1 Å². The molecule has 0 aromatic heterocycles. The summed E-state index contributed by atoms with van der Waals surface area (Å²) in [6, 6.07) is -0.313. The molecule has 5 heteroatoms. The Balaban J connectivity index is 4.88. The van der Waals surface area contributed by atoms with Gasteiger partial charge in [-0.2, -0.15) is 0 Å². The van der Waals surface area contributed by atoms with Crippen LogP contribution >= 0.6 is 0 Å². The molecule has 2 unspecified atom stereocenters. The average Bonchev–Trinajstić information content (AvgIpc) is 2.35. The van der Waals surface area contributed by atoms with E-state index in [0.29, 0.717) is 13.1 Å². The Morgan fingerprint density at radius 1 is 1.11 bits per heavy atom. The molecule has 1 N–H and O–H groups in total. The zero-order valence-electron chi connectivity index (χ0n) is 12.1. The molecular weight excluding hydrogens is 232 g/mol. The Bertz CT molecular complexity index is 277. The lowest BCUT2D eigenvalue weighted by molar-refractivity contribution is -0.143. The molecule has 0 bridgehead atoms. The first kappa shape index (κ1) is 16.9. The standard InChI is InChI=1S/C13H26N2O3/c1-6-10(4)15(9-12(16)17)11(5)13(18)14(7-2)8-3/h10-11H,6-9H2,1-5H3,(H,16,17). The topological polar surface area (TPSA) is 60.9 Å². The van der Waals surface area contributed by atoms with Gasteiger partial charge < -0.3 is 10.0 Å². The minimum atomic E-state index is -0.894. The number of nitrogens with zero attached hydrogens (tertiary/aromatic N) is 2. The number of carbonyl (C=O) groups excluding carboxylic acids is 1. The summed E-state index contributed by atoms with van der Waals surface area (Å²) < 4.78 is 0. The highest BCUT2D eigenvalue weighted by atomic mass is 16.4. The van der Waals surface area contributed by atoms with Crippen molar-refractivity contribution >= 4 is 11.9 Å². The fraction of sp³-hybridized carbons (Fsp3) is 0.846. The van der Waals surface area contributed by atoms with Crippen LogP contribution in [0.2, 0.25) is 0 Å². The lowest BCUT2D eigenvalue weighted by atomic mass is 10.1. The lowest BCUT2D eigenvalue weighted by Gasteiger charge is -2.34. The van der Waals surface area contributed by atoms with Crippen molar-refractivity contribution in [3.8, 4) is 0 Å². The molecule has 0 rings (SSSR count). The Kier molecular flexibility index (Phi) is 7.59. The van der Waals surface area contributed by atoms with Gasteiger partial charge >= 0.3 is 5.97 Å². The molecule has 0 aliphatic rings. The van der Waals surface area contributed by atoms with E-state index in [1.807, 2.05) is 27.7 Å². The first-order valence-electron chi connectivity index (χ1n) is 6.65. The van der Waals surface area contributed by atoms with Gasteiger partial charge in [-0.1, -0.05) is 6.92 Å². The summed E-state index contributed by atoms with van der Waals surface area (Å²) in [6.45, 7) is 10.8. The summed E-state index contributed by atoms with van der Waals surface area (Å²) in [4.78, 5) is 26.6. The molecule has 0 saturated heterocycles. The maximum absolute atomic E-state index is 12.2. The van der Waals surface area contributed by atoms with E-state index in [1.165, 1.54) is 0 Å². The molecule has 0 radical (unpaired) electrons. The molecule has 0 saturated carbocycles. The number of hydrogen-bond acceptors (Lipinski definition) is 3. The van der Waals surface area contributed by atoms with Crippen LogP contribution in [0.3, 0.4) is 0 Å². The molecule has 0 spiro atoms. The van der Waals surface area contributed by atoms with Crippen LogP contribution in [-0.4, -0.2) is 58.5 Å². The van der Waals surface area contributed by atoms with Gasteiger partial charge in [0, 0.05) is 19.1 Å². The minimum absolute atomic E-state index is 0.00144. The fourth-order valence-corrected chi connectivity index (χ4v) is 2.01.